The van der Waals surface area contributed by atoms with Crippen LogP contribution in [-0.2, 0) is 24.3 Å². The van der Waals surface area contributed by atoms with E-state index >= 15 is 0 Å². The van der Waals surface area contributed by atoms with Gasteiger partial charge in [-0.3, -0.25) is 13.9 Å². The summed E-state index contributed by atoms with van der Waals surface area (Å²) in [6.45, 7) is 2.85. The fourth-order valence-corrected chi connectivity index (χ4v) is 6.03. The first-order chi connectivity index (χ1) is 18.7. The number of benzene rings is 1. The van der Waals surface area contributed by atoms with E-state index in [0.717, 1.165) is 44.1 Å². The summed E-state index contributed by atoms with van der Waals surface area (Å²) in [5.41, 5.74) is 2.05. The number of pyridine rings is 1. The van der Waals surface area contributed by atoms with E-state index in [1.54, 1.807) is 25.7 Å². The monoisotopic (exact) mass is 536 g/mol. The van der Waals surface area contributed by atoms with Crippen LogP contribution in [0.15, 0.2) is 53.8 Å². The number of alkyl halides is 2. The van der Waals surface area contributed by atoms with Crippen molar-refractivity contribution in [3.63, 3.8) is 0 Å². The highest BCUT2D eigenvalue weighted by Gasteiger charge is 2.34. The topological polar surface area (TPSA) is 69.6 Å². The van der Waals surface area contributed by atoms with Crippen molar-refractivity contribution in [2.45, 2.75) is 57.0 Å². The van der Waals surface area contributed by atoms with Crippen molar-refractivity contribution in [3.8, 4) is 5.69 Å². The second-order valence-corrected chi connectivity index (χ2v) is 11.1. The number of halogens is 2. The van der Waals surface area contributed by atoms with Crippen molar-refractivity contribution in [3.05, 3.63) is 82.1 Å². The maximum absolute atomic E-state index is 14.9. The van der Waals surface area contributed by atoms with Crippen molar-refractivity contribution in [2.75, 3.05) is 20.3 Å². The summed E-state index contributed by atoms with van der Waals surface area (Å²) in [5.74, 6) is -1.72. The minimum atomic E-state index is -3.11. The maximum Gasteiger partial charge on any atom is 0.337 e. The molecule has 0 radical (unpaired) electrons. The fraction of sp³-hybridized carbons (Fsp3) is 0.483. The Morgan fingerprint density at radius 1 is 1.18 bits per heavy atom. The van der Waals surface area contributed by atoms with Crippen LogP contribution < -0.4 is 5.69 Å². The van der Waals surface area contributed by atoms with Gasteiger partial charge in [0.15, 0.2) is 0 Å². The molecule has 8 nitrogen and oxygen atoms in total. The lowest BCUT2D eigenvalue weighted by molar-refractivity contribution is 0.0149. The molecular weight excluding hydrogens is 502 g/mol. The molecule has 0 spiro atoms. The molecule has 1 saturated heterocycles. The Morgan fingerprint density at radius 2 is 2.00 bits per heavy atom. The van der Waals surface area contributed by atoms with Gasteiger partial charge in [-0.05, 0) is 54.5 Å². The molecule has 1 aromatic carbocycles. The molecule has 3 aromatic heterocycles. The zero-order valence-electron chi connectivity index (χ0n) is 22.6. The molecule has 0 bridgehead atoms. The molecule has 10 heteroatoms. The second-order valence-electron chi connectivity index (χ2n) is 11.1. The Morgan fingerprint density at radius 3 is 2.62 bits per heavy atom. The van der Waals surface area contributed by atoms with Crippen LogP contribution in [0.4, 0.5) is 8.78 Å². The minimum absolute atomic E-state index is 0.0534. The summed E-state index contributed by atoms with van der Waals surface area (Å²) in [7, 11) is 3.61. The molecule has 2 fully saturated rings. The molecule has 1 aliphatic heterocycles. The van der Waals surface area contributed by atoms with Crippen molar-refractivity contribution in [1.82, 2.24) is 28.6 Å². The van der Waals surface area contributed by atoms with Crippen LogP contribution >= 0.6 is 0 Å². The maximum atomic E-state index is 14.9. The van der Waals surface area contributed by atoms with Gasteiger partial charge in [0.05, 0.1) is 17.8 Å². The number of methoxy groups -OCH3 is 1. The first-order valence-electron chi connectivity index (χ1n) is 13.6. The molecule has 4 heterocycles. The average molecular weight is 537 g/mol. The van der Waals surface area contributed by atoms with E-state index in [1.807, 2.05) is 29.8 Å². The van der Waals surface area contributed by atoms with E-state index in [4.69, 9.17) is 4.74 Å². The predicted molar refractivity (Wildman–Crippen MR) is 143 cm³/mol. The first-order valence-corrected chi connectivity index (χ1v) is 13.6. The highest BCUT2D eigenvalue weighted by atomic mass is 19.3. The van der Waals surface area contributed by atoms with Gasteiger partial charge in [0.2, 0.25) is 0 Å². The van der Waals surface area contributed by atoms with Gasteiger partial charge in [0.25, 0.3) is 5.92 Å². The molecule has 2 atom stereocenters. The number of hydrogen-bond donors (Lipinski definition) is 0. The number of hydrogen-bond acceptors (Lipinski definition) is 5. The third-order valence-corrected chi connectivity index (χ3v) is 8.46. The zero-order valence-corrected chi connectivity index (χ0v) is 22.6. The molecule has 0 N–H and O–H groups in total. The minimum Gasteiger partial charge on any atom is -0.383 e. The van der Waals surface area contributed by atoms with E-state index in [9.17, 15) is 13.6 Å². The van der Waals surface area contributed by atoms with Gasteiger partial charge in [-0.25, -0.2) is 13.6 Å². The molecule has 6 rings (SSSR count). The highest BCUT2D eigenvalue weighted by molar-refractivity contribution is 5.58. The Bertz CT molecular complexity index is 1550. The average Bonchev–Trinajstić information content (AvgIpc) is 3.44. The number of rotatable bonds is 9. The van der Waals surface area contributed by atoms with Crippen LogP contribution in [-0.4, -0.2) is 54.9 Å². The lowest BCUT2D eigenvalue weighted by atomic mass is 9.72. The summed E-state index contributed by atoms with van der Waals surface area (Å²) in [6.07, 6.45) is 9.36. The van der Waals surface area contributed by atoms with E-state index in [-0.39, 0.29) is 28.7 Å². The molecule has 0 unspecified atom stereocenters. The molecular formula is C29H34F2N6O2. The summed E-state index contributed by atoms with van der Waals surface area (Å²) in [6, 6.07) is 9.60. The van der Waals surface area contributed by atoms with Crippen molar-refractivity contribution in [2.24, 2.45) is 13.0 Å². The standard InChI is InChI=1S/C29H34F2N6O2/c1-29(30,31)24-12-19(14-35-11-10-23(35)17-39-3)15-37-25(24)16-36(28(37)38)22-9-5-8-21(13-22)26(20-6-4-7-20)27-33-32-18-34(27)2/h5,8-9,12-13,15-16,18,20,23,26H,4,6-7,10-11,14,17H2,1-3H3/t23-,26+/m0/s1. The number of imidazole rings is 1. The van der Waals surface area contributed by atoms with Gasteiger partial charge < -0.3 is 9.30 Å². The summed E-state index contributed by atoms with van der Waals surface area (Å²) in [4.78, 5) is 15.9. The van der Waals surface area contributed by atoms with Crippen molar-refractivity contribution < 1.29 is 13.5 Å². The number of likely N-dealkylation sites (tertiary alicyclic amines) is 1. The van der Waals surface area contributed by atoms with E-state index < -0.39 is 5.92 Å². The molecule has 0 amide bonds. The van der Waals surface area contributed by atoms with Crippen LogP contribution in [0, 0.1) is 5.92 Å². The van der Waals surface area contributed by atoms with Crippen LogP contribution in [0.3, 0.4) is 0 Å². The summed E-state index contributed by atoms with van der Waals surface area (Å²) >= 11 is 0. The zero-order chi connectivity index (χ0) is 27.3. The van der Waals surface area contributed by atoms with Crippen molar-refractivity contribution in [1.29, 1.82) is 0 Å². The second kappa shape index (κ2) is 9.98. The lowest BCUT2D eigenvalue weighted by Crippen LogP contribution is -2.49. The number of aryl methyl sites for hydroxylation is 1. The Kier molecular flexibility index (Phi) is 6.63. The third-order valence-electron chi connectivity index (χ3n) is 8.46. The first kappa shape index (κ1) is 25.9. The SMILES string of the molecule is COC[C@@H]1CCN1Cc1cc(C(C)(F)F)c2cn(-c3cccc([C@H](c4nncn4C)C4CCC4)c3)c(=O)n2c1. The van der Waals surface area contributed by atoms with Gasteiger partial charge in [0.1, 0.15) is 12.2 Å². The Labute approximate surface area is 225 Å². The van der Waals surface area contributed by atoms with Gasteiger partial charge in [-0.15, -0.1) is 10.2 Å². The molecule has 4 aromatic rings. The summed E-state index contributed by atoms with van der Waals surface area (Å²) in [5, 5.41) is 8.49. The van der Waals surface area contributed by atoms with Crippen molar-refractivity contribution >= 4 is 5.52 Å². The third kappa shape index (κ3) is 4.69. The van der Waals surface area contributed by atoms with E-state index in [1.165, 1.54) is 21.6 Å². The van der Waals surface area contributed by atoms with Crippen LogP contribution in [0.25, 0.3) is 11.2 Å². The van der Waals surface area contributed by atoms with Crippen LogP contribution in [0.1, 0.15) is 61.0 Å². The predicted octanol–water partition coefficient (Wildman–Crippen LogP) is 4.48. The van der Waals surface area contributed by atoms with Gasteiger partial charge in [-0.1, -0.05) is 18.6 Å². The van der Waals surface area contributed by atoms with Gasteiger partial charge >= 0.3 is 5.69 Å². The molecule has 206 valence electrons. The normalized spacial score (nSPS) is 19.3. The fourth-order valence-electron chi connectivity index (χ4n) is 6.03. The number of aromatic nitrogens is 5. The highest BCUT2D eigenvalue weighted by Crippen LogP contribution is 2.43. The number of nitrogens with zero attached hydrogens (tertiary/aromatic N) is 6. The van der Waals surface area contributed by atoms with Gasteiger partial charge in [0, 0.05) is 64.1 Å². The lowest BCUT2D eigenvalue weighted by Gasteiger charge is -2.40. The largest absolute Gasteiger partial charge is 0.383 e. The molecule has 1 aliphatic carbocycles. The molecule has 39 heavy (non-hydrogen) atoms. The quantitative estimate of drug-likeness (QED) is 0.316. The van der Waals surface area contributed by atoms with Crippen LogP contribution in [0.2, 0.25) is 0 Å². The smallest absolute Gasteiger partial charge is 0.337 e. The molecule has 1 saturated carbocycles. The van der Waals surface area contributed by atoms with Crippen LogP contribution in [0.5, 0.6) is 0 Å². The Balaban J connectivity index is 1.42. The van der Waals surface area contributed by atoms with E-state index in [2.05, 4.69) is 21.2 Å². The van der Waals surface area contributed by atoms with Gasteiger partial charge in [-0.2, -0.15) is 0 Å². The van der Waals surface area contributed by atoms with E-state index in [0.29, 0.717) is 30.3 Å². The number of ether oxygens (including phenoxy) is 1. The number of fused-ring (bicyclic) bond motifs is 1. The summed E-state index contributed by atoms with van der Waals surface area (Å²) < 4.78 is 39.8. The Hall–Kier alpha value is -3.37. The molecule has 2 aliphatic rings.